The van der Waals surface area contributed by atoms with Gasteiger partial charge in [0.1, 0.15) is 6.10 Å². The lowest BCUT2D eigenvalue weighted by Gasteiger charge is -2.25. The van der Waals surface area contributed by atoms with Crippen molar-refractivity contribution in [2.45, 2.75) is 32.3 Å². The van der Waals surface area contributed by atoms with Crippen molar-refractivity contribution < 1.29 is 9.53 Å². The van der Waals surface area contributed by atoms with Crippen molar-refractivity contribution in [2.75, 3.05) is 0 Å². The van der Waals surface area contributed by atoms with E-state index in [9.17, 15) is 4.79 Å². The van der Waals surface area contributed by atoms with Crippen LogP contribution in [0.3, 0.4) is 0 Å². The molecule has 112 valence electrons. The summed E-state index contributed by atoms with van der Waals surface area (Å²) in [5.41, 5.74) is 2.01. The standard InChI is InChI=1S/C20H20O2/c1-13-9-18-14(2)22-19(21)20(18,11-13)12-15-7-8-16-5-3-4-6-17(16)10-15/h3-8,10,14,18H,1,9,11-12H2,2H3. The molecule has 3 atom stereocenters. The minimum absolute atomic E-state index is 0.00667. The number of benzene rings is 2. The molecule has 1 heterocycles. The van der Waals surface area contributed by atoms with E-state index in [2.05, 4.69) is 43.0 Å². The van der Waals surface area contributed by atoms with Crippen LogP contribution in [-0.4, -0.2) is 12.1 Å². The monoisotopic (exact) mass is 292 g/mol. The fraction of sp³-hybridized carbons (Fsp3) is 0.350. The van der Waals surface area contributed by atoms with Crippen LogP contribution in [0.1, 0.15) is 25.3 Å². The Morgan fingerprint density at radius 1 is 1.23 bits per heavy atom. The summed E-state index contributed by atoms with van der Waals surface area (Å²) in [6, 6.07) is 14.8. The van der Waals surface area contributed by atoms with Crippen molar-refractivity contribution in [1.82, 2.24) is 0 Å². The van der Waals surface area contributed by atoms with Gasteiger partial charge in [0.2, 0.25) is 0 Å². The summed E-state index contributed by atoms with van der Waals surface area (Å²) in [7, 11) is 0. The van der Waals surface area contributed by atoms with Crippen LogP contribution >= 0.6 is 0 Å². The minimum Gasteiger partial charge on any atom is -0.462 e. The number of esters is 1. The maximum atomic E-state index is 12.5. The molecule has 4 rings (SSSR count). The van der Waals surface area contributed by atoms with E-state index in [1.165, 1.54) is 21.9 Å². The van der Waals surface area contributed by atoms with E-state index in [-0.39, 0.29) is 23.4 Å². The molecule has 0 spiro atoms. The van der Waals surface area contributed by atoms with Crippen molar-refractivity contribution in [3.05, 3.63) is 60.2 Å². The Hall–Kier alpha value is -2.09. The highest BCUT2D eigenvalue weighted by molar-refractivity contribution is 5.84. The van der Waals surface area contributed by atoms with Gasteiger partial charge in [-0.05, 0) is 42.5 Å². The Labute approximate surface area is 130 Å². The molecule has 2 nitrogen and oxygen atoms in total. The van der Waals surface area contributed by atoms with Gasteiger partial charge in [0.25, 0.3) is 0 Å². The van der Waals surface area contributed by atoms with Crippen molar-refractivity contribution in [1.29, 1.82) is 0 Å². The number of carbonyl (C=O) groups excluding carboxylic acids is 1. The molecule has 2 fully saturated rings. The zero-order chi connectivity index (χ0) is 15.3. The fourth-order valence-electron chi connectivity index (χ4n) is 4.34. The van der Waals surface area contributed by atoms with E-state index in [1.54, 1.807) is 0 Å². The molecular weight excluding hydrogens is 272 g/mol. The predicted molar refractivity (Wildman–Crippen MR) is 87.5 cm³/mol. The highest BCUT2D eigenvalue weighted by Crippen LogP contribution is 2.55. The zero-order valence-electron chi connectivity index (χ0n) is 12.8. The van der Waals surface area contributed by atoms with Gasteiger partial charge in [-0.1, -0.05) is 54.6 Å². The summed E-state index contributed by atoms with van der Waals surface area (Å²) in [5, 5.41) is 2.46. The van der Waals surface area contributed by atoms with Crippen molar-refractivity contribution >= 4 is 16.7 Å². The highest BCUT2D eigenvalue weighted by Gasteiger charge is 2.58. The van der Waals surface area contributed by atoms with Crippen LogP contribution in [0.4, 0.5) is 0 Å². The van der Waals surface area contributed by atoms with E-state index in [0.717, 1.165) is 19.3 Å². The lowest BCUT2D eigenvalue weighted by Crippen LogP contribution is -2.32. The Bertz CT molecular complexity index is 776. The van der Waals surface area contributed by atoms with Gasteiger partial charge in [-0.2, -0.15) is 0 Å². The van der Waals surface area contributed by atoms with Crippen LogP contribution < -0.4 is 0 Å². The first-order valence-electron chi connectivity index (χ1n) is 7.94. The molecule has 1 aliphatic carbocycles. The molecule has 0 amide bonds. The summed E-state index contributed by atoms with van der Waals surface area (Å²) in [4.78, 5) is 12.5. The van der Waals surface area contributed by atoms with Gasteiger partial charge >= 0.3 is 5.97 Å². The molecular formula is C20H20O2. The summed E-state index contributed by atoms with van der Waals surface area (Å²) in [6.45, 7) is 6.15. The first kappa shape index (κ1) is 13.6. The molecule has 2 aromatic carbocycles. The zero-order valence-corrected chi connectivity index (χ0v) is 12.8. The van der Waals surface area contributed by atoms with Gasteiger partial charge in [0.05, 0.1) is 5.41 Å². The topological polar surface area (TPSA) is 26.3 Å². The molecule has 0 bridgehead atoms. The maximum absolute atomic E-state index is 12.5. The van der Waals surface area contributed by atoms with Gasteiger partial charge in [0, 0.05) is 5.92 Å². The molecule has 1 saturated heterocycles. The molecule has 2 heteroatoms. The number of hydrogen-bond donors (Lipinski definition) is 0. The Morgan fingerprint density at radius 2 is 2.00 bits per heavy atom. The van der Waals surface area contributed by atoms with E-state index >= 15 is 0 Å². The number of ether oxygens (including phenoxy) is 1. The molecule has 1 aliphatic heterocycles. The molecule has 2 aliphatic rings. The fourth-order valence-corrected chi connectivity index (χ4v) is 4.34. The molecule has 0 aromatic heterocycles. The Morgan fingerprint density at radius 3 is 2.82 bits per heavy atom. The third-order valence-corrected chi connectivity index (χ3v) is 5.38. The number of cyclic esters (lactones) is 1. The number of carbonyl (C=O) groups is 1. The third kappa shape index (κ3) is 1.90. The van der Waals surface area contributed by atoms with Crippen molar-refractivity contribution in [2.24, 2.45) is 11.3 Å². The van der Waals surface area contributed by atoms with Gasteiger partial charge in [0.15, 0.2) is 0 Å². The normalized spacial score (nSPS) is 30.6. The van der Waals surface area contributed by atoms with Crippen molar-refractivity contribution in [3.8, 4) is 0 Å². The maximum Gasteiger partial charge on any atom is 0.313 e. The largest absolute Gasteiger partial charge is 0.462 e. The van der Waals surface area contributed by atoms with Gasteiger partial charge < -0.3 is 4.74 Å². The molecule has 3 unspecified atom stereocenters. The first-order valence-corrected chi connectivity index (χ1v) is 7.94. The molecule has 0 radical (unpaired) electrons. The Kier molecular flexibility index (Phi) is 2.90. The van der Waals surface area contributed by atoms with Gasteiger partial charge in [-0.15, -0.1) is 0 Å². The summed E-state index contributed by atoms with van der Waals surface area (Å²) < 4.78 is 5.56. The van der Waals surface area contributed by atoms with E-state index in [1.807, 2.05) is 13.0 Å². The quantitative estimate of drug-likeness (QED) is 0.610. The smallest absolute Gasteiger partial charge is 0.313 e. The third-order valence-electron chi connectivity index (χ3n) is 5.38. The minimum atomic E-state index is -0.390. The van der Waals surface area contributed by atoms with Crippen LogP contribution in [0.2, 0.25) is 0 Å². The average molecular weight is 292 g/mol. The second-order valence-corrected chi connectivity index (χ2v) is 6.86. The first-order chi connectivity index (χ1) is 10.6. The van der Waals surface area contributed by atoms with Crippen LogP contribution in [-0.2, 0) is 16.0 Å². The van der Waals surface area contributed by atoms with Crippen LogP contribution in [0.5, 0.6) is 0 Å². The second-order valence-electron chi connectivity index (χ2n) is 6.86. The predicted octanol–water partition coefficient (Wildman–Crippen LogP) is 4.28. The summed E-state index contributed by atoms with van der Waals surface area (Å²) in [5.74, 6) is 0.246. The van der Waals surface area contributed by atoms with Gasteiger partial charge in [-0.3, -0.25) is 4.79 Å². The van der Waals surface area contributed by atoms with E-state index in [4.69, 9.17) is 4.74 Å². The highest BCUT2D eigenvalue weighted by atomic mass is 16.6. The number of fused-ring (bicyclic) bond motifs is 2. The average Bonchev–Trinajstić information content (AvgIpc) is 2.94. The summed E-state index contributed by atoms with van der Waals surface area (Å²) >= 11 is 0. The lowest BCUT2D eigenvalue weighted by molar-refractivity contribution is -0.148. The van der Waals surface area contributed by atoms with Crippen LogP contribution in [0, 0.1) is 11.3 Å². The second kappa shape index (κ2) is 4.70. The van der Waals surface area contributed by atoms with Crippen molar-refractivity contribution in [3.63, 3.8) is 0 Å². The van der Waals surface area contributed by atoms with E-state index in [0.29, 0.717) is 0 Å². The SMILES string of the molecule is C=C1CC2C(C)OC(=O)C2(Cc2ccc3ccccc3c2)C1. The summed E-state index contributed by atoms with van der Waals surface area (Å²) in [6.07, 6.45) is 2.45. The number of rotatable bonds is 2. The van der Waals surface area contributed by atoms with Crippen LogP contribution in [0.25, 0.3) is 10.8 Å². The molecule has 2 aromatic rings. The Balaban J connectivity index is 1.73. The molecule has 1 saturated carbocycles. The van der Waals surface area contributed by atoms with Crippen LogP contribution in [0.15, 0.2) is 54.6 Å². The molecule has 0 N–H and O–H groups in total. The number of hydrogen-bond acceptors (Lipinski definition) is 2. The number of allylic oxidation sites excluding steroid dienone is 1. The molecule has 22 heavy (non-hydrogen) atoms. The lowest BCUT2D eigenvalue weighted by atomic mass is 9.73. The van der Waals surface area contributed by atoms with Gasteiger partial charge in [-0.25, -0.2) is 0 Å². The van der Waals surface area contributed by atoms with E-state index < -0.39 is 0 Å².